The summed E-state index contributed by atoms with van der Waals surface area (Å²) in [6.45, 7) is 8.08. The van der Waals surface area contributed by atoms with Crippen molar-refractivity contribution in [1.82, 2.24) is 0 Å². The second-order valence-electron chi connectivity index (χ2n) is 22.8. The molecule has 0 aliphatic rings. The van der Waals surface area contributed by atoms with Gasteiger partial charge in [0.05, 0.1) is 172 Å². The summed E-state index contributed by atoms with van der Waals surface area (Å²) < 4.78 is 34.5. The molecular weight excluding hydrogens is 933 g/mol. The topological polar surface area (TPSA) is 63.2 Å². The molecule has 0 fully saturated rings. The highest BCUT2D eigenvalue weighted by Crippen LogP contribution is 2.31. The van der Waals surface area contributed by atoms with Crippen molar-refractivity contribution in [2.24, 2.45) is 0 Å². The molecule has 0 heterocycles. The van der Waals surface area contributed by atoms with Crippen molar-refractivity contribution in [2.75, 3.05) is 144 Å². The van der Waals surface area contributed by atoms with Crippen LogP contribution in [0, 0.1) is 47.4 Å². The first-order valence-corrected chi connectivity index (χ1v) is 26.1. The van der Waals surface area contributed by atoms with E-state index in [2.05, 4.69) is 132 Å². The number of carbonyl (C=O) groups is 1. The van der Waals surface area contributed by atoms with Crippen LogP contribution in [0.4, 0.5) is 0 Å². The van der Waals surface area contributed by atoms with Crippen LogP contribution in [0.3, 0.4) is 0 Å². The third-order valence-corrected chi connectivity index (χ3v) is 11.5. The second kappa shape index (κ2) is 27.9. The fourth-order valence-electron chi connectivity index (χ4n) is 7.49. The predicted molar refractivity (Wildman–Crippen MR) is 304 cm³/mol. The zero-order valence-electron chi connectivity index (χ0n) is 47.2. The van der Waals surface area contributed by atoms with Gasteiger partial charge in [0.1, 0.15) is 23.0 Å². The first kappa shape index (κ1) is 58.7. The lowest BCUT2D eigenvalue weighted by molar-refractivity contribution is -0.870. The number of ether oxygens (including phenoxy) is 5. The van der Waals surface area contributed by atoms with E-state index in [0.29, 0.717) is 72.7 Å². The van der Waals surface area contributed by atoms with Gasteiger partial charge in [0.2, 0.25) is 0 Å². The van der Waals surface area contributed by atoms with Crippen molar-refractivity contribution in [3.05, 3.63) is 153 Å². The number of quaternary nitrogens is 4. The van der Waals surface area contributed by atoms with Gasteiger partial charge in [-0.2, -0.15) is 0 Å². The smallest absolute Gasteiger partial charge is 0.338 e. The summed E-state index contributed by atoms with van der Waals surface area (Å²) in [5, 5.41) is 0. The molecule has 0 saturated heterocycles. The summed E-state index contributed by atoms with van der Waals surface area (Å²) in [5.74, 6) is 29.2. The molecular formula is C65H82N4O6+4. The molecule has 0 N–H and O–H groups in total. The maximum Gasteiger partial charge on any atom is 0.338 e. The van der Waals surface area contributed by atoms with Gasteiger partial charge in [-0.1, -0.05) is 65.6 Å². The summed E-state index contributed by atoms with van der Waals surface area (Å²) >= 11 is 0. The Kier molecular flexibility index (Phi) is 21.9. The normalized spacial score (nSPS) is 11.3. The van der Waals surface area contributed by atoms with E-state index in [0.717, 1.165) is 103 Å². The van der Waals surface area contributed by atoms with Crippen LogP contribution in [0.2, 0.25) is 0 Å². The molecule has 5 rings (SSSR count). The van der Waals surface area contributed by atoms with Crippen molar-refractivity contribution in [3.63, 3.8) is 0 Å². The third-order valence-electron chi connectivity index (χ3n) is 11.5. The van der Waals surface area contributed by atoms with Gasteiger partial charge < -0.3 is 41.6 Å². The number of nitrogens with zero attached hydrogens (tertiary/aromatic N) is 4. The molecule has 394 valence electrons. The Labute approximate surface area is 450 Å². The average molecular weight is 1020 g/mol. The number of carbonyl (C=O) groups excluding carboxylic acids is 1. The highest BCUT2D eigenvalue weighted by molar-refractivity contribution is 5.89. The first-order chi connectivity index (χ1) is 35.5. The number of esters is 1. The van der Waals surface area contributed by atoms with Gasteiger partial charge in [-0.3, -0.25) is 0 Å². The van der Waals surface area contributed by atoms with E-state index in [-0.39, 0.29) is 5.97 Å². The molecule has 5 aromatic carbocycles. The van der Waals surface area contributed by atoms with Gasteiger partial charge in [-0.15, -0.1) is 0 Å². The number of rotatable bonds is 22. The van der Waals surface area contributed by atoms with Gasteiger partial charge in [0, 0.05) is 72.2 Å². The first-order valence-electron chi connectivity index (χ1n) is 26.1. The molecule has 0 saturated carbocycles. The second-order valence-corrected chi connectivity index (χ2v) is 22.8. The van der Waals surface area contributed by atoms with Crippen molar-refractivity contribution in [2.45, 2.75) is 32.6 Å². The van der Waals surface area contributed by atoms with Crippen LogP contribution in [0.1, 0.15) is 87.5 Å². The number of benzene rings is 5. The standard InChI is InChI=1S/C65H82N4O6/c1-14-71-65(70)56-34-28-55(29-35-56)33-39-60-51-63(74-46-20-42-68(8,9)10)59(50-64(60)75-47-21-43-69(11,12)13)38-32-54-26-24-53(25-27-54)31-37-58-49-61(72-44-18-40-66(2,3)4)57(36-30-52-22-16-15-17-23-52)48-62(58)73-45-19-41-67(5,6)7/h15-17,22-29,34-35,48-51H,14,18-21,40-47H2,1-13H3/q+4. The fourth-order valence-corrected chi connectivity index (χ4v) is 7.49. The van der Waals surface area contributed by atoms with Crippen LogP contribution < -0.4 is 18.9 Å². The Bertz CT molecular complexity index is 2910. The minimum atomic E-state index is -0.360. The van der Waals surface area contributed by atoms with E-state index in [9.17, 15) is 4.79 Å². The molecule has 10 heteroatoms. The highest BCUT2D eigenvalue weighted by atomic mass is 16.5. The summed E-state index contributed by atoms with van der Waals surface area (Å²) in [4.78, 5) is 12.3. The molecule has 0 aliphatic carbocycles. The zero-order chi connectivity index (χ0) is 54.5. The summed E-state index contributed by atoms with van der Waals surface area (Å²) in [6.07, 6.45) is 3.50. The molecule has 0 atom stereocenters. The van der Waals surface area contributed by atoms with E-state index < -0.39 is 0 Å². The summed E-state index contributed by atoms with van der Waals surface area (Å²) in [5.41, 5.74) is 6.71. The molecule has 75 heavy (non-hydrogen) atoms. The summed E-state index contributed by atoms with van der Waals surface area (Å²) in [6, 6.07) is 32.9. The van der Waals surface area contributed by atoms with Crippen molar-refractivity contribution < 1.29 is 46.4 Å². The van der Waals surface area contributed by atoms with Crippen molar-refractivity contribution in [1.29, 1.82) is 0 Å². The molecule has 0 aliphatic heterocycles. The lowest BCUT2D eigenvalue weighted by atomic mass is 10.1. The van der Waals surface area contributed by atoms with Gasteiger partial charge in [-0.05, 0) is 67.6 Å². The van der Waals surface area contributed by atoms with Crippen LogP contribution in [0.25, 0.3) is 0 Å². The minimum absolute atomic E-state index is 0.314. The van der Waals surface area contributed by atoms with E-state index in [1.807, 2.05) is 91.0 Å². The maximum absolute atomic E-state index is 12.3. The fraction of sp³-hybridized carbons (Fsp3) is 0.400. The van der Waals surface area contributed by atoms with Crippen molar-refractivity contribution in [3.8, 4) is 70.4 Å². The highest BCUT2D eigenvalue weighted by Gasteiger charge is 2.16. The van der Waals surface area contributed by atoms with Crippen LogP contribution in [0.15, 0.2) is 103 Å². The average Bonchev–Trinajstić information content (AvgIpc) is 3.34. The van der Waals surface area contributed by atoms with Crippen LogP contribution in [0.5, 0.6) is 23.0 Å². The van der Waals surface area contributed by atoms with Gasteiger partial charge in [0.25, 0.3) is 0 Å². The van der Waals surface area contributed by atoms with Gasteiger partial charge >= 0.3 is 5.97 Å². The zero-order valence-corrected chi connectivity index (χ0v) is 47.2. The molecule has 0 aromatic heterocycles. The Morgan fingerprint density at radius 3 is 0.907 bits per heavy atom. The number of hydrogen-bond acceptors (Lipinski definition) is 6. The molecule has 0 radical (unpaired) electrons. The number of hydrogen-bond donors (Lipinski definition) is 0. The quantitative estimate of drug-likeness (QED) is 0.0298. The van der Waals surface area contributed by atoms with Crippen molar-refractivity contribution >= 4 is 5.97 Å². The Hall–Kier alpha value is -7.15. The molecule has 10 nitrogen and oxygen atoms in total. The third kappa shape index (κ3) is 22.5. The summed E-state index contributed by atoms with van der Waals surface area (Å²) in [7, 11) is 26.2. The minimum Gasteiger partial charge on any atom is -0.492 e. The van der Waals surface area contributed by atoms with Crippen LogP contribution in [-0.4, -0.2) is 168 Å². The molecule has 0 bridgehead atoms. The molecule has 0 amide bonds. The Morgan fingerprint density at radius 1 is 0.373 bits per heavy atom. The SMILES string of the molecule is CCOC(=O)c1ccc(C#Cc2cc(OCCC[N+](C)(C)C)c(C#Cc3ccc(C#Cc4cc(OCCC[N+](C)(C)C)c(C#Cc5ccccc5)cc4OCCC[N+](C)(C)C)cc3)cc2OCCC[N+](C)(C)C)cc1. The Morgan fingerprint density at radius 2 is 0.640 bits per heavy atom. The monoisotopic (exact) mass is 1010 g/mol. The predicted octanol–water partition coefficient (Wildman–Crippen LogP) is 9.36. The lowest BCUT2D eigenvalue weighted by Gasteiger charge is -2.24. The largest absolute Gasteiger partial charge is 0.492 e. The Balaban J connectivity index is 1.49. The molecule has 5 aromatic rings. The van der Waals surface area contributed by atoms with E-state index in [1.54, 1.807) is 19.1 Å². The molecule has 0 unspecified atom stereocenters. The van der Waals surface area contributed by atoms with Crippen LogP contribution >= 0.6 is 0 Å². The van der Waals surface area contributed by atoms with Gasteiger partial charge in [-0.25, -0.2) is 4.79 Å². The van der Waals surface area contributed by atoms with E-state index >= 15 is 0 Å². The molecule has 0 spiro atoms. The van der Waals surface area contributed by atoms with Gasteiger partial charge in [0.15, 0.2) is 0 Å². The van der Waals surface area contributed by atoms with E-state index in [4.69, 9.17) is 23.7 Å². The van der Waals surface area contributed by atoms with Crippen LogP contribution in [-0.2, 0) is 4.74 Å². The lowest BCUT2D eigenvalue weighted by Crippen LogP contribution is -2.36. The van der Waals surface area contributed by atoms with E-state index in [1.165, 1.54) is 0 Å². The maximum atomic E-state index is 12.3.